The summed E-state index contributed by atoms with van der Waals surface area (Å²) in [7, 11) is 0. The molecule has 0 aliphatic heterocycles. The highest BCUT2D eigenvalue weighted by Crippen LogP contribution is 1.93. The summed E-state index contributed by atoms with van der Waals surface area (Å²) in [5.74, 6) is -0.0164. The van der Waals surface area contributed by atoms with Crippen LogP contribution < -0.4 is 11.1 Å². The molecule has 0 heterocycles. The van der Waals surface area contributed by atoms with E-state index >= 15 is 0 Å². The number of nitrogens with two attached hydrogens (primary N) is 1. The molecule has 0 aromatic carbocycles. The number of allylic oxidation sites excluding steroid dienone is 1. The first-order chi connectivity index (χ1) is 5.22. The maximum atomic E-state index is 11.1. The van der Waals surface area contributed by atoms with Gasteiger partial charge < -0.3 is 11.1 Å². The molecular weight excluding hydrogens is 140 g/mol. The van der Waals surface area contributed by atoms with Gasteiger partial charge in [-0.25, -0.2) is 0 Å². The van der Waals surface area contributed by atoms with E-state index in [0.29, 0.717) is 13.1 Å². The van der Waals surface area contributed by atoms with Gasteiger partial charge in [-0.15, -0.1) is 0 Å². The van der Waals surface area contributed by atoms with Crippen LogP contribution in [-0.4, -0.2) is 19.0 Å². The number of amides is 1. The Bertz CT molecular complexity index is 152. The Hall–Kier alpha value is -0.830. The summed E-state index contributed by atoms with van der Waals surface area (Å²) in [6.07, 6.45) is 2.79. The molecule has 0 aromatic heterocycles. The van der Waals surface area contributed by atoms with E-state index in [1.54, 1.807) is 6.92 Å². The maximum Gasteiger partial charge on any atom is 0.246 e. The number of carbonyl (C=O) groups excluding carboxylic acids is 1. The fourth-order valence-electron chi connectivity index (χ4n) is 0.724. The predicted molar refractivity (Wildman–Crippen MR) is 46.1 cm³/mol. The van der Waals surface area contributed by atoms with Crippen LogP contribution in [0.1, 0.15) is 20.3 Å². The first-order valence-electron chi connectivity index (χ1n) is 3.87. The smallest absolute Gasteiger partial charge is 0.246 e. The topological polar surface area (TPSA) is 55.1 Å². The van der Waals surface area contributed by atoms with Crippen molar-refractivity contribution < 1.29 is 4.79 Å². The van der Waals surface area contributed by atoms with E-state index in [0.717, 1.165) is 12.0 Å². The first kappa shape index (κ1) is 10.2. The molecule has 0 aliphatic carbocycles. The van der Waals surface area contributed by atoms with Gasteiger partial charge in [0.15, 0.2) is 0 Å². The summed E-state index contributed by atoms with van der Waals surface area (Å²) in [4.78, 5) is 11.1. The largest absolute Gasteiger partial charge is 0.351 e. The van der Waals surface area contributed by atoms with Crippen molar-refractivity contribution in [2.75, 3.05) is 13.1 Å². The Morgan fingerprint density at radius 1 is 1.64 bits per heavy atom. The number of hydrogen-bond donors (Lipinski definition) is 2. The van der Waals surface area contributed by atoms with Gasteiger partial charge in [0.1, 0.15) is 0 Å². The number of rotatable bonds is 4. The summed E-state index contributed by atoms with van der Waals surface area (Å²) >= 11 is 0. The summed E-state index contributed by atoms with van der Waals surface area (Å²) in [5.41, 5.74) is 5.98. The van der Waals surface area contributed by atoms with E-state index in [2.05, 4.69) is 5.32 Å². The lowest BCUT2D eigenvalue weighted by Crippen LogP contribution is -2.29. The van der Waals surface area contributed by atoms with Crippen LogP contribution in [0.25, 0.3) is 0 Å². The van der Waals surface area contributed by atoms with E-state index in [1.807, 2.05) is 13.0 Å². The Labute approximate surface area is 67.7 Å². The highest BCUT2D eigenvalue weighted by molar-refractivity contribution is 5.92. The molecule has 0 spiro atoms. The molecule has 64 valence electrons. The standard InChI is InChI=1S/C8H16N2O/c1-3-4-7(2)8(11)10-6-5-9/h4H,3,5-6,9H2,1-2H3,(H,10,11)/b7-4+. The van der Waals surface area contributed by atoms with Crippen LogP contribution >= 0.6 is 0 Å². The monoisotopic (exact) mass is 156 g/mol. The number of nitrogens with one attached hydrogen (secondary N) is 1. The van der Waals surface area contributed by atoms with Crippen molar-refractivity contribution in [2.24, 2.45) is 5.73 Å². The third kappa shape index (κ3) is 4.56. The molecule has 3 nitrogen and oxygen atoms in total. The lowest BCUT2D eigenvalue weighted by atomic mass is 10.2. The second-order valence-corrected chi connectivity index (χ2v) is 2.34. The average molecular weight is 156 g/mol. The molecule has 0 fully saturated rings. The van der Waals surface area contributed by atoms with Crippen molar-refractivity contribution in [2.45, 2.75) is 20.3 Å². The van der Waals surface area contributed by atoms with Crippen LogP contribution in [0.4, 0.5) is 0 Å². The minimum absolute atomic E-state index is 0.0164. The molecule has 3 N–H and O–H groups in total. The zero-order valence-electron chi connectivity index (χ0n) is 7.18. The third-order valence-corrected chi connectivity index (χ3v) is 1.30. The average Bonchev–Trinajstić information content (AvgIpc) is 2.00. The highest BCUT2D eigenvalue weighted by Gasteiger charge is 1.99. The Morgan fingerprint density at radius 3 is 2.73 bits per heavy atom. The molecule has 0 bridgehead atoms. The molecule has 0 saturated heterocycles. The Kier molecular flexibility index (Phi) is 5.47. The van der Waals surface area contributed by atoms with Crippen molar-refractivity contribution in [1.82, 2.24) is 5.32 Å². The number of hydrogen-bond acceptors (Lipinski definition) is 2. The van der Waals surface area contributed by atoms with E-state index in [1.165, 1.54) is 0 Å². The van der Waals surface area contributed by atoms with Crippen molar-refractivity contribution in [3.63, 3.8) is 0 Å². The van der Waals surface area contributed by atoms with Crippen LogP contribution in [0.5, 0.6) is 0 Å². The SMILES string of the molecule is CC/C=C(\C)C(=O)NCCN. The fourth-order valence-corrected chi connectivity index (χ4v) is 0.724. The van der Waals surface area contributed by atoms with E-state index in [-0.39, 0.29) is 5.91 Å². The van der Waals surface area contributed by atoms with Crippen LogP contribution in [0.3, 0.4) is 0 Å². The molecule has 0 atom stereocenters. The van der Waals surface area contributed by atoms with Crippen LogP contribution in [0.2, 0.25) is 0 Å². The summed E-state index contributed by atoms with van der Waals surface area (Å²) in [6, 6.07) is 0. The van der Waals surface area contributed by atoms with Crippen LogP contribution in [0, 0.1) is 0 Å². The maximum absolute atomic E-state index is 11.1. The summed E-state index contributed by atoms with van der Waals surface area (Å²) < 4.78 is 0. The van der Waals surface area contributed by atoms with Crippen LogP contribution in [-0.2, 0) is 4.79 Å². The minimum atomic E-state index is -0.0164. The van der Waals surface area contributed by atoms with Gasteiger partial charge in [0, 0.05) is 18.7 Å². The molecule has 0 radical (unpaired) electrons. The fraction of sp³-hybridized carbons (Fsp3) is 0.625. The van der Waals surface area contributed by atoms with Gasteiger partial charge in [-0.1, -0.05) is 13.0 Å². The predicted octanol–water partition coefficient (Wildman–Crippen LogP) is 0.418. The van der Waals surface area contributed by atoms with Crippen molar-refractivity contribution in [1.29, 1.82) is 0 Å². The Balaban J connectivity index is 3.73. The molecule has 0 rings (SSSR count). The van der Waals surface area contributed by atoms with Crippen molar-refractivity contribution in [3.8, 4) is 0 Å². The van der Waals surface area contributed by atoms with Crippen molar-refractivity contribution >= 4 is 5.91 Å². The van der Waals surface area contributed by atoms with Gasteiger partial charge in [0.2, 0.25) is 5.91 Å². The normalized spacial score (nSPS) is 11.4. The molecule has 0 aromatic rings. The lowest BCUT2D eigenvalue weighted by Gasteiger charge is -2.01. The van der Waals surface area contributed by atoms with Gasteiger partial charge in [0.05, 0.1) is 0 Å². The van der Waals surface area contributed by atoms with Crippen LogP contribution in [0.15, 0.2) is 11.6 Å². The zero-order chi connectivity index (χ0) is 8.69. The molecule has 3 heteroatoms. The van der Waals surface area contributed by atoms with Gasteiger partial charge in [-0.3, -0.25) is 4.79 Å². The second kappa shape index (κ2) is 5.92. The summed E-state index contributed by atoms with van der Waals surface area (Å²) in [6.45, 7) is 4.84. The Morgan fingerprint density at radius 2 is 2.27 bits per heavy atom. The molecule has 0 saturated carbocycles. The molecule has 1 amide bonds. The molecular formula is C8H16N2O. The number of carbonyl (C=O) groups is 1. The van der Waals surface area contributed by atoms with Gasteiger partial charge in [-0.2, -0.15) is 0 Å². The van der Waals surface area contributed by atoms with Gasteiger partial charge >= 0.3 is 0 Å². The zero-order valence-corrected chi connectivity index (χ0v) is 7.18. The third-order valence-electron chi connectivity index (χ3n) is 1.30. The molecule has 11 heavy (non-hydrogen) atoms. The van der Waals surface area contributed by atoms with E-state index in [4.69, 9.17) is 5.73 Å². The van der Waals surface area contributed by atoms with E-state index in [9.17, 15) is 4.79 Å². The molecule has 0 unspecified atom stereocenters. The highest BCUT2D eigenvalue weighted by atomic mass is 16.1. The van der Waals surface area contributed by atoms with Gasteiger partial charge in [0.25, 0.3) is 0 Å². The lowest BCUT2D eigenvalue weighted by molar-refractivity contribution is -0.117. The van der Waals surface area contributed by atoms with Crippen molar-refractivity contribution in [3.05, 3.63) is 11.6 Å². The summed E-state index contributed by atoms with van der Waals surface area (Å²) in [5, 5.41) is 2.68. The quantitative estimate of drug-likeness (QED) is 0.579. The molecule has 0 aliphatic rings. The first-order valence-corrected chi connectivity index (χ1v) is 3.87. The van der Waals surface area contributed by atoms with E-state index < -0.39 is 0 Å². The second-order valence-electron chi connectivity index (χ2n) is 2.34. The van der Waals surface area contributed by atoms with Gasteiger partial charge in [-0.05, 0) is 13.3 Å². The minimum Gasteiger partial charge on any atom is -0.351 e.